The van der Waals surface area contributed by atoms with Crippen LogP contribution in [0.3, 0.4) is 0 Å². The standard InChI is InChI=1S/C11H23NO2/c1-8(2)10-3-9(4-10)5-12-11(6-13)7-14/h8-14H,3-7H2,1-2H3. The monoisotopic (exact) mass is 201 g/mol. The average Bonchev–Trinajstić information content (AvgIpc) is 2.08. The first-order chi connectivity index (χ1) is 6.67. The summed E-state index contributed by atoms with van der Waals surface area (Å²) < 4.78 is 0. The zero-order valence-electron chi connectivity index (χ0n) is 9.24. The Morgan fingerprint density at radius 2 is 1.79 bits per heavy atom. The minimum atomic E-state index is -0.131. The smallest absolute Gasteiger partial charge is 0.0607 e. The molecule has 3 nitrogen and oxygen atoms in total. The van der Waals surface area contributed by atoms with E-state index in [1.54, 1.807) is 0 Å². The first-order valence-corrected chi connectivity index (χ1v) is 5.62. The first kappa shape index (κ1) is 12.0. The quantitative estimate of drug-likeness (QED) is 0.590. The summed E-state index contributed by atoms with van der Waals surface area (Å²) in [5.74, 6) is 2.45. The highest BCUT2D eigenvalue weighted by Crippen LogP contribution is 2.38. The Balaban J connectivity index is 2.05. The molecular weight excluding hydrogens is 178 g/mol. The molecule has 1 saturated carbocycles. The summed E-state index contributed by atoms with van der Waals surface area (Å²) in [6, 6.07) is -0.131. The van der Waals surface area contributed by atoms with Gasteiger partial charge >= 0.3 is 0 Å². The zero-order chi connectivity index (χ0) is 10.6. The molecule has 3 N–H and O–H groups in total. The maximum Gasteiger partial charge on any atom is 0.0607 e. The van der Waals surface area contributed by atoms with Crippen molar-refractivity contribution in [2.45, 2.75) is 32.7 Å². The molecule has 0 aromatic rings. The fraction of sp³-hybridized carbons (Fsp3) is 1.00. The fourth-order valence-corrected chi connectivity index (χ4v) is 2.02. The van der Waals surface area contributed by atoms with Gasteiger partial charge in [-0.25, -0.2) is 0 Å². The van der Waals surface area contributed by atoms with Crippen LogP contribution in [0.15, 0.2) is 0 Å². The molecule has 0 spiro atoms. The van der Waals surface area contributed by atoms with Crippen molar-refractivity contribution < 1.29 is 10.2 Å². The van der Waals surface area contributed by atoms with Crippen LogP contribution in [0.1, 0.15) is 26.7 Å². The number of aliphatic hydroxyl groups excluding tert-OH is 2. The molecule has 0 aliphatic heterocycles. The van der Waals surface area contributed by atoms with Crippen molar-refractivity contribution in [1.82, 2.24) is 5.32 Å². The van der Waals surface area contributed by atoms with Gasteiger partial charge in [-0.2, -0.15) is 0 Å². The van der Waals surface area contributed by atoms with Crippen LogP contribution < -0.4 is 5.32 Å². The van der Waals surface area contributed by atoms with Crippen molar-refractivity contribution in [1.29, 1.82) is 0 Å². The van der Waals surface area contributed by atoms with Gasteiger partial charge in [-0.1, -0.05) is 13.8 Å². The normalized spacial score (nSPS) is 27.0. The maximum atomic E-state index is 8.85. The molecule has 3 heteroatoms. The summed E-state index contributed by atoms with van der Waals surface area (Å²) in [7, 11) is 0. The number of aliphatic hydroxyl groups is 2. The van der Waals surface area contributed by atoms with E-state index in [0.717, 1.165) is 24.3 Å². The van der Waals surface area contributed by atoms with Gasteiger partial charge in [-0.3, -0.25) is 0 Å². The molecule has 0 bridgehead atoms. The minimum absolute atomic E-state index is 0.0246. The summed E-state index contributed by atoms with van der Waals surface area (Å²) in [4.78, 5) is 0. The molecule has 0 atom stereocenters. The van der Waals surface area contributed by atoms with E-state index in [0.29, 0.717) is 0 Å². The molecule has 1 rings (SSSR count). The van der Waals surface area contributed by atoms with Gasteiger partial charge in [-0.15, -0.1) is 0 Å². The molecule has 14 heavy (non-hydrogen) atoms. The van der Waals surface area contributed by atoms with E-state index >= 15 is 0 Å². The van der Waals surface area contributed by atoms with E-state index in [1.807, 2.05) is 0 Å². The van der Waals surface area contributed by atoms with Gasteiger partial charge in [0.15, 0.2) is 0 Å². The lowest BCUT2D eigenvalue weighted by atomic mass is 9.69. The number of hydrogen-bond donors (Lipinski definition) is 3. The SMILES string of the molecule is CC(C)C1CC(CNC(CO)CO)C1. The molecule has 0 saturated heterocycles. The van der Waals surface area contributed by atoms with Gasteiger partial charge in [0, 0.05) is 0 Å². The highest BCUT2D eigenvalue weighted by Gasteiger charge is 2.30. The van der Waals surface area contributed by atoms with Crippen LogP contribution in [-0.4, -0.2) is 36.0 Å². The Bertz CT molecular complexity index is 151. The fourth-order valence-electron chi connectivity index (χ4n) is 2.02. The van der Waals surface area contributed by atoms with E-state index in [-0.39, 0.29) is 19.3 Å². The number of nitrogens with one attached hydrogen (secondary N) is 1. The Kier molecular flexibility index (Phi) is 4.85. The van der Waals surface area contributed by atoms with Crippen molar-refractivity contribution >= 4 is 0 Å². The van der Waals surface area contributed by atoms with Crippen molar-refractivity contribution in [2.75, 3.05) is 19.8 Å². The van der Waals surface area contributed by atoms with Crippen LogP contribution in [0.5, 0.6) is 0 Å². The Labute approximate surface area is 86.5 Å². The molecule has 1 fully saturated rings. The second-order valence-corrected chi connectivity index (χ2v) is 4.81. The molecule has 0 amide bonds. The average molecular weight is 201 g/mol. The summed E-state index contributed by atoms with van der Waals surface area (Å²) in [5.41, 5.74) is 0. The second-order valence-electron chi connectivity index (χ2n) is 4.81. The van der Waals surface area contributed by atoms with Gasteiger partial charge in [-0.05, 0) is 37.1 Å². The third-order valence-electron chi connectivity index (χ3n) is 3.35. The molecule has 1 aliphatic rings. The van der Waals surface area contributed by atoms with Gasteiger partial charge in [0.05, 0.1) is 19.3 Å². The van der Waals surface area contributed by atoms with Crippen molar-refractivity contribution in [2.24, 2.45) is 17.8 Å². The molecule has 0 unspecified atom stereocenters. The first-order valence-electron chi connectivity index (χ1n) is 5.62. The molecule has 0 heterocycles. The third-order valence-corrected chi connectivity index (χ3v) is 3.35. The van der Waals surface area contributed by atoms with E-state index in [9.17, 15) is 0 Å². The lowest BCUT2D eigenvalue weighted by Crippen LogP contribution is -2.42. The van der Waals surface area contributed by atoms with Crippen LogP contribution in [0.25, 0.3) is 0 Å². The minimum Gasteiger partial charge on any atom is -0.395 e. The maximum absolute atomic E-state index is 8.85. The molecule has 0 aromatic carbocycles. The zero-order valence-corrected chi connectivity index (χ0v) is 9.24. The van der Waals surface area contributed by atoms with E-state index in [4.69, 9.17) is 10.2 Å². The van der Waals surface area contributed by atoms with E-state index < -0.39 is 0 Å². The van der Waals surface area contributed by atoms with Crippen molar-refractivity contribution in [3.63, 3.8) is 0 Å². The summed E-state index contributed by atoms with van der Waals surface area (Å²) in [5, 5.41) is 20.9. The topological polar surface area (TPSA) is 52.5 Å². The van der Waals surface area contributed by atoms with Gasteiger partial charge in [0.2, 0.25) is 0 Å². The molecule has 84 valence electrons. The van der Waals surface area contributed by atoms with Gasteiger partial charge in [0.1, 0.15) is 0 Å². The summed E-state index contributed by atoms with van der Waals surface area (Å²) in [6.45, 7) is 5.54. The second kappa shape index (κ2) is 5.69. The summed E-state index contributed by atoms with van der Waals surface area (Å²) >= 11 is 0. The van der Waals surface area contributed by atoms with Crippen molar-refractivity contribution in [3.05, 3.63) is 0 Å². The third kappa shape index (κ3) is 3.23. The Hall–Kier alpha value is -0.120. The van der Waals surface area contributed by atoms with Crippen LogP contribution in [0.2, 0.25) is 0 Å². The predicted molar refractivity (Wildman–Crippen MR) is 57.0 cm³/mol. The van der Waals surface area contributed by atoms with Crippen LogP contribution in [-0.2, 0) is 0 Å². The predicted octanol–water partition coefficient (Wildman–Crippen LogP) is 0.611. The van der Waals surface area contributed by atoms with Crippen LogP contribution in [0.4, 0.5) is 0 Å². The Morgan fingerprint density at radius 1 is 1.21 bits per heavy atom. The molecule has 0 aromatic heterocycles. The van der Waals surface area contributed by atoms with Gasteiger partial charge in [0.25, 0.3) is 0 Å². The van der Waals surface area contributed by atoms with E-state index in [2.05, 4.69) is 19.2 Å². The highest BCUT2D eigenvalue weighted by atomic mass is 16.3. The number of rotatable bonds is 6. The summed E-state index contributed by atoms with van der Waals surface area (Å²) in [6.07, 6.45) is 2.60. The lowest BCUT2D eigenvalue weighted by Gasteiger charge is -2.38. The van der Waals surface area contributed by atoms with Gasteiger partial charge < -0.3 is 15.5 Å². The van der Waals surface area contributed by atoms with Crippen molar-refractivity contribution in [3.8, 4) is 0 Å². The molecule has 0 radical (unpaired) electrons. The Morgan fingerprint density at radius 3 is 2.21 bits per heavy atom. The number of hydrogen-bond acceptors (Lipinski definition) is 3. The lowest BCUT2D eigenvalue weighted by molar-refractivity contribution is 0.118. The molecular formula is C11H23NO2. The van der Waals surface area contributed by atoms with E-state index in [1.165, 1.54) is 12.8 Å². The molecule has 1 aliphatic carbocycles. The van der Waals surface area contributed by atoms with Crippen LogP contribution in [0, 0.1) is 17.8 Å². The largest absolute Gasteiger partial charge is 0.395 e. The highest BCUT2D eigenvalue weighted by molar-refractivity contribution is 4.83. The van der Waals surface area contributed by atoms with Crippen LogP contribution >= 0.6 is 0 Å².